The molecule has 2 atom stereocenters. The maximum atomic E-state index is 10.6. The van der Waals surface area contributed by atoms with Crippen molar-refractivity contribution in [2.45, 2.75) is 12.3 Å². The van der Waals surface area contributed by atoms with Crippen molar-refractivity contribution in [3.63, 3.8) is 0 Å². The van der Waals surface area contributed by atoms with Gasteiger partial charge < -0.3 is 10.8 Å². The standard InChI is InChI=1S/C5H13NO7S2/c1-14(8,9)12-3-4(6)5(7)13-15(2,10)11/h4-5,7H,3,6H2,1-2H3. The molecule has 2 unspecified atom stereocenters. The molecule has 0 aromatic carbocycles. The van der Waals surface area contributed by atoms with E-state index in [2.05, 4.69) is 8.37 Å². The van der Waals surface area contributed by atoms with Crippen molar-refractivity contribution in [2.24, 2.45) is 5.73 Å². The molecule has 0 bridgehead atoms. The van der Waals surface area contributed by atoms with E-state index in [4.69, 9.17) is 10.8 Å². The lowest BCUT2D eigenvalue weighted by molar-refractivity contribution is -0.0392. The predicted molar refractivity (Wildman–Crippen MR) is 50.7 cm³/mol. The molecule has 0 aliphatic rings. The summed E-state index contributed by atoms with van der Waals surface area (Å²) in [6, 6.07) is -1.28. The fraction of sp³-hybridized carbons (Fsp3) is 1.00. The third-order valence-corrected chi connectivity index (χ3v) is 2.23. The molecule has 0 saturated heterocycles. The zero-order valence-electron chi connectivity index (χ0n) is 8.15. The zero-order valence-corrected chi connectivity index (χ0v) is 9.79. The van der Waals surface area contributed by atoms with Crippen LogP contribution < -0.4 is 5.73 Å². The first-order valence-corrected chi connectivity index (χ1v) is 7.31. The molecule has 0 aliphatic heterocycles. The Labute approximate surface area is 88.2 Å². The summed E-state index contributed by atoms with van der Waals surface area (Å²) in [4.78, 5) is 0. The van der Waals surface area contributed by atoms with Crippen LogP contribution in [0.5, 0.6) is 0 Å². The van der Waals surface area contributed by atoms with Gasteiger partial charge in [-0.2, -0.15) is 16.8 Å². The summed E-state index contributed by atoms with van der Waals surface area (Å²) in [5, 5.41) is 9.05. The van der Waals surface area contributed by atoms with Gasteiger partial charge >= 0.3 is 0 Å². The monoisotopic (exact) mass is 263 g/mol. The minimum Gasteiger partial charge on any atom is -0.366 e. The van der Waals surface area contributed by atoms with Crippen LogP contribution in [0.4, 0.5) is 0 Å². The van der Waals surface area contributed by atoms with E-state index in [1.807, 2.05) is 0 Å². The molecule has 0 spiro atoms. The minimum atomic E-state index is -3.86. The van der Waals surface area contributed by atoms with E-state index in [1.165, 1.54) is 0 Å². The summed E-state index contributed by atoms with van der Waals surface area (Å²) in [6.07, 6.45) is -0.328. The lowest BCUT2D eigenvalue weighted by Gasteiger charge is -2.16. The molecule has 0 aliphatic carbocycles. The molecule has 0 heterocycles. The van der Waals surface area contributed by atoms with Gasteiger partial charge in [0.2, 0.25) is 0 Å². The molecular weight excluding hydrogens is 250 g/mol. The van der Waals surface area contributed by atoms with Crippen molar-refractivity contribution in [1.82, 2.24) is 0 Å². The van der Waals surface area contributed by atoms with E-state index < -0.39 is 39.2 Å². The SMILES string of the molecule is CS(=O)(=O)OCC(N)C(O)OS(C)(=O)=O. The van der Waals surface area contributed by atoms with Gasteiger partial charge in [0.05, 0.1) is 25.2 Å². The second-order valence-corrected chi connectivity index (χ2v) is 6.09. The van der Waals surface area contributed by atoms with Gasteiger partial charge in [-0.15, -0.1) is 0 Å². The Hall–Kier alpha value is -0.260. The van der Waals surface area contributed by atoms with Crippen LogP contribution >= 0.6 is 0 Å². The third kappa shape index (κ3) is 8.72. The van der Waals surface area contributed by atoms with Crippen molar-refractivity contribution < 1.29 is 30.3 Å². The van der Waals surface area contributed by atoms with Gasteiger partial charge in [-0.25, -0.2) is 4.18 Å². The lowest BCUT2D eigenvalue weighted by Crippen LogP contribution is -2.41. The largest absolute Gasteiger partial charge is 0.366 e. The second kappa shape index (κ2) is 5.18. The van der Waals surface area contributed by atoms with Crippen molar-refractivity contribution in [3.05, 3.63) is 0 Å². The molecule has 0 aromatic rings. The molecule has 0 rings (SSSR count). The third-order valence-electron chi connectivity index (χ3n) is 1.11. The van der Waals surface area contributed by atoms with Crippen molar-refractivity contribution in [1.29, 1.82) is 0 Å². The van der Waals surface area contributed by atoms with Crippen molar-refractivity contribution in [3.8, 4) is 0 Å². The van der Waals surface area contributed by atoms with Gasteiger partial charge in [-0.3, -0.25) is 4.18 Å². The highest BCUT2D eigenvalue weighted by atomic mass is 32.2. The lowest BCUT2D eigenvalue weighted by atomic mass is 10.3. The van der Waals surface area contributed by atoms with Gasteiger partial charge in [-0.05, 0) is 0 Å². The van der Waals surface area contributed by atoms with E-state index in [0.717, 1.165) is 12.5 Å². The molecule has 92 valence electrons. The summed E-state index contributed by atoms with van der Waals surface area (Å²) in [5.41, 5.74) is 5.20. The Kier molecular flexibility index (Phi) is 5.09. The maximum Gasteiger partial charge on any atom is 0.266 e. The quantitative estimate of drug-likeness (QED) is 0.399. The van der Waals surface area contributed by atoms with E-state index in [1.54, 1.807) is 0 Å². The Morgan fingerprint density at radius 3 is 2.00 bits per heavy atom. The highest BCUT2D eigenvalue weighted by Gasteiger charge is 2.21. The highest BCUT2D eigenvalue weighted by molar-refractivity contribution is 7.86. The van der Waals surface area contributed by atoms with E-state index in [0.29, 0.717) is 0 Å². The second-order valence-electron chi connectivity index (χ2n) is 2.84. The molecule has 8 nitrogen and oxygen atoms in total. The van der Waals surface area contributed by atoms with Gasteiger partial charge in [0.1, 0.15) is 0 Å². The average Bonchev–Trinajstić information content (AvgIpc) is 1.95. The molecular formula is C5H13NO7S2. The molecule has 15 heavy (non-hydrogen) atoms. The van der Waals surface area contributed by atoms with Gasteiger partial charge in [-0.1, -0.05) is 0 Å². The minimum absolute atomic E-state index is 0.574. The molecule has 0 fully saturated rings. The number of hydrogen-bond acceptors (Lipinski definition) is 8. The van der Waals surface area contributed by atoms with Crippen LogP contribution in [0.2, 0.25) is 0 Å². The van der Waals surface area contributed by atoms with Crippen LogP contribution in [-0.2, 0) is 28.6 Å². The Morgan fingerprint density at radius 2 is 1.67 bits per heavy atom. The van der Waals surface area contributed by atoms with Crippen molar-refractivity contribution >= 4 is 20.2 Å². The number of aliphatic hydroxyl groups excluding tert-OH is 1. The molecule has 10 heteroatoms. The van der Waals surface area contributed by atoms with E-state index in [9.17, 15) is 16.8 Å². The summed E-state index contributed by atoms with van der Waals surface area (Å²) >= 11 is 0. The first-order chi connectivity index (χ1) is 6.51. The zero-order chi connectivity index (χ0) is 12.3. The van der Waals surface area contributed by atoms with Crippen LogP contribution in [0.3, 0.4) is 0 Å². The first kappa shape index (κ1) is 14.7. The number of hydrogen-bond donors (Lipinski definition) is 2. The smallest absolute Gasteiger partial charge is 0.266 e. The molecule has 0 radical (unpaired) electrons. The Morgan fingerprint density at radius 1 is 1.20 bits per heavy atom. The van der Waals surface area contributed by atoms with E-state index >= 15 is 0 Å². The number of rotatable bonds is 6. The molecule has 0 aromatic heterocycles. The van der Waals surface area contributed by atoms with Crippen LogP contribution in [-0.4, -0.2) is 53.4 Å². The van der Waals surface area contributed by atoms with Crippen molar-refractivity contribution in [2.75, 3.05) is 19.1 Å². The van der Waals surface area contributed by atoms with Crippen LogP contribution in [0.25, 0.3) is 0 Å². The molecule has 0 amide bonds. The average molecular weight is 263 g/mol. The summed E-state index contributed by atoms with van der Waals surface area (Å²) in [5.74, 6) is 0. The molecule has 0 saturated carbocycles. The van der Waals surface area contributed by atoms with Crippen LogP contribution in [0.15, 0.2) is 0 Å². The maximum absolute atomic E-state index is 10.6. The topological polar surface area (TPSA) is 133 Å². The Balaban J connectivity index is 4.17. The number of nitrogens with two attached hydrogens (primary N) is 1. The summed E-state index contributed by atoms with van der Waals surface area (Å²) < 4.78 is 50.5. The fourth-order valence-corrected chi connectivity index (χ4v) is 1.44. The van der Waals surface area contributed by atoms with E-state index in [-0.39, 0.29) is 0 Å². The predicted octanol–water partition coefficient (Wildman–Crippen LogP) is -2.42. The summed E-state index contributed by atoms with van der Waals surface area (Å²) in [6.45, 7) is -0.574. The fourth-order valence-electron chi connectivity index (χ4n) is 0.535. The Bertz CT molecular complexity index is 386. The highest BCUT2D eigenvalue weighted by Crippen LogP contribution is 2.00. The van der Waals surface area contributed by atoms with Gasteiger partial charge in [0.15, 0.2) is 6.29 Å². The van der Waals surface area contributed by atoms with Crippen LogP contribution in [0, 0.1) is 0 Å². The van der Waals surface area contributed by atoms with Gasteiger partial charge in [0.25, 0.3) is 20.2 Å². The normalized spacial score (nSPS) is 17.3. The first-order valence-electron chi connectivity index (χ1n) is 3.67. The summed E-state index contributed by atoms with van der Waals surface area (Å²) in [7, 11) is -7.55. The van der Waals surface area contributed by atoms with Crippen LogP contribution in [0.1, 0.15) is 0 Å². The van der Waals surface area contributed by atoms with Gasteiger partial charge in [0, 0.05) is 0 Å². The number of aliphatic hydroxyl groups is 1. The molecule has 3 N–H and O–H groups in total.